The highest BCUT2D eigenvalue weighted by Crippen LogP contribution is 2.05. The number of H-pyrrole nitrogens is 3. The number of ether oxygens (including phenoxy) is 3. The van der Waals surface area contributed by atoms with Crippen LogP contribution in [-0.2, 0) is 28.6 Å². The number of hydrogen-bond acceptors (Lipinski definition) is 13. The molecule has 0 aliphatic rings. The van der Waals surface area contributed by atoms with E-state index in [1.54, 1.807) is 11.8 Å². The third-order valence-corrected chi connectivity index (χ3v) is 5.99. The molecule has 0 bridgehead atoms. The molecule has 0 unspecified atom stereocenters. The molecule has 0 saturated heterocycles. The van der Waals surface area contributed by atoms with Gasteiger partial charge in [-0.05, 0) is 49.1 Å². The predicted octanol–water partition coefficient (Wildman–Crippen LogP) is 5.71. The zero-order valence-electron chi connectivity index (χ0n) is 28.7. The third-order valence-electron chi connectivity index (χ3n) is 5.41. The third kappa shape index (κ3) is 19.1. The fourth-order valence-electron chi connectivity index (χ4n) is 3.16. The van der Waals surface area contributed by atoms with E-state index in [0.29, 0.717) is 13.2 Å². The fourth-order valence-corrected chi connectivity index (χ4v) is 3.41. The van der Waals surface area contributed by atoms with Crippen LogP contribution in [0, 0.1) is 0 Å². The number of para-hydroxylation sites is 6. The second-order valence-corrected chi connectivity index (χ2v) is 10.1. The molecule has 0 spiro atoms. The molecular formula is C33H45N9O6S. The molecule has 15 nitrogen and oxygen atoms in total. The van der Waals surface area contributed by atoms with Crippen molar-refractivity contribution in [2.75, 3.05) is 31.8 Å². The van der Waals surface area contributed by atoms with Crippen LogP contribution in [-0.4, -0.2) is 96.0 Å². The Bertz CT molecular complexity index is 1490. The number of nitrogens with zero attached hydrogens (tertiary/aromatic N) is 6. The first-order valence-electron chi connectivity index (χ1n) is 15.5. The molecule has 0 atom stereocenters. The van der Waals surface area contributed by atoms with Crippen molar-refractivity contribution >= 4 is 62.8 Å². The minimum Gasteiger partial charge on any atom is -0.465 e. The summed E-state index contributed by atoms with van der Waals surface area (Å²) >= 11 is 1.67. The van der Waals surface area contributed by atoms with Gasteiger partial charge in [0.25, 0.3) is 0 Å². The maximum absolute atomic E-state index is 10.7. The number of rotatable bonds is 8. The van der Waals surface area contributed by atoms with E-state index in [2.05, 4.69) is 55.7 Å². The minimum atomic E-state index is -0.487. The molecule has 3 heterocycles. The standard InChI is InChI=1S/C8H14O4.3C6H5N3.C5H10O2S.C2H6/c1-3-4-5-11-8(10)6-12-7(2)9;3*1-2-4-6-5(3-1)7-9-8-6;1-5(6)7-3-4-8-2;1-2/h3-6H2,1-2H3;3*1-4H,(H,7,8,9);3-4H2,1-2H3;1-2H3. The first kappa shape index (κ1) is 41.6. The SMILES string of the molecule is CC.CCCCOC(=O)COC(C)=O.CSCCOC(C)=O.c1ccc2n[nH]nc2c1.c1ccc2n[nH]nc2c1.c1ccc2n[nH]nc2c1. The number of fused-ring (bicyclic) bond motifs is 3. The summed E-state index contributed by atoms with van der Waals surface area (Å²) in [5.74, 6) is -0.264. The molecule has 6 rings (SSSR count). The lowest BCUT2D eigenvalue weighted by molar-refractivity contribution is -0.157. The quantitative estimate of drug-likeness (QED) is 0.0994. The van der Waals surface area contributed by atoms with Crippen LogP contribution in [0.3, 0.4) is 0 Å². The minimum absolute atomic E-state index is 0.195. The lowest BCUT2D eigenvalue weighted by Crippen LogP contribution is -2.15. The first-order chi connectivity index (χ1) is 23.8. The van der Waals surface area contributed by atoms with Gasteiger partial charge in [-0.25, -0.2) is 4.79 Å². The molecule has 0 aliphatic carbocycles. The molecule has 0 amide bonds. The maximum Gasteiger partial charge on any atom is 0.344 e. The largest absolute Gasteiger partial charge is 0.465 e. The Hall–Kier alpha value is -5.38. The van der Waals surface area contributed by atoms with Crippen LogP contribution in [0.15, 0.2) is 72.8 Å². The van der Waals surface area contributed by atoms with Gasteiger partial charge in [-0.3, -0.25) is 9.59 Å². The molecule has 0 radical (unpaired) electrons. The molecule has 3 aromatic heterocycles. The van der Waals surface area contributed by atoms with Gasteiger partial charge in [0.1, 0.15) is 39.7 Å². The van der Waals surface area contributed by atoms with Crippen LogP contribution >= 0.6 is 11.8 Å². The molecule has 3 N–H and O–H groups in total. The van der Waals surface area contributed by atoms with Gasteiger partial charge in [0.2, 0.25) is 0 Å². The highest BCUT2D eigenvalue weighted by molar-refractivity contribution is 7.98. The summed E-state index contributed by atoms with van der Waals surface area (Å²) in [4.78, 5) is 31.1. The lowest BCUT2D eigenvalue weighted by Gasteiger charge is -2.02. The van der Waals surface area contributed by atoms with Crippen molar-refractivity contribution in [3.63, 3.8) is 0 Å². The van der Waals surface area contributed by atoms with Crippen LogP contribution in [0.4, 0.5) is 0 Å². The molecule has 49 heavy (non-hydrogen) atoms. The van der Waals surface area contributed by atoms with Crippen molar-refractivity contribution in [1.82, 2.24) is 46.2 Å². The number of aromatic nitrogens is 9. The van der Waals surface area contributed by atoms with Crippen LogP contribution in [0.1, 0.15) is 47.5 Å². The average Bonchev–Trinajstić information content (AvgIpc) is 3.91. The van der Waals surface area contributed by atoms with Crippen molar-refractivity contribution in [3.8, 4) is 0 Å². The van der Waals surface area contributed by atoms with E-state index in [0.717, 1.165) is 51.7 Å². The van der Waals surface area contributed by atoms with Crippen molar-refractivity contribution < 1.29 is 28.6 Å². The second-order valence-electron chi connectivity index (χ2n) is 9.12. The van der Waals surface area contributed by atoms with Gasteiger partial charge in [0.05, 0.1) is 6.61 Å². The Morgan fingerprint density at radius 2 is 0.939 bits per heavy atom. The Morgan fingerprint density at radius 3 is 1.22 bits per heavy atom. The number of hydrogen-bond donors (Lipinski definition) is 3. The Balaban J connectivity index is 0.000000304. The second kappa shape index (κ2) is 26.7. The number of thioether (sulfide) groups is 1. The normalized spacial score (nSPS) is 9.43. The summed E-state index contributed by atoms with van der Waals surface area (Å²) in [6.07, 6.45) is 3.79. The Kier molecular flexibility index (Phi) is 22.7. The zero-order chi connectivity index (χ0) is 36.1. The summed E-state index contributed by atoms with van der Waals surface area (Å²) < 4.78 is 13.8. The van der Waals surface area contributed by atoms with Crippen molar-refractivity contribution in [2.24, 2.45) is 0 Å². The van der Waals surface area contributed by atoms with E-state index in [1.807, 2.05) is 99.8 Å². The van der Waals surface area contributed by atoms with E-state index in [4.69, 9.17) is 4.74 Å². The van der Waals surface area contributed by atoms with Gasteiger partial charge in [-0.1, -0.05) is 63.6 Å². The van der Waals surface area contributed by atoms with Gasteiger partial charge in [-0.2, -0.15) is 58.0 Å². The van der Waals surface area contributed by atoms with Crippen LogP contribution in [0.2, 0.25) is 0 Å². The number of carbonyl (C=O) groups excluding carboxylic acids is 3. The first-order valence-corrected chi connectivity index (χ1v) is 16.9. The molecule has 0 saturated carbocycles. The predicted molar refractivity (Wildman–Crippen MR) is 191 cm³/mol. The van der Waals surface area contributed by atoms with Gasteiger partial charge in [-0.15, -0.1) is 0 Å². The number of benzene rings is 3. The van der Waals surface area contributed by atoms with Crippen LogP contribution < -0.4 is 0 Å². The summed E-state index contributed by atoms with van der Waals surface area (Å²) in [6, 6.07) is 23.1. The summed E-state index contributed by atoms with van der Waals surface area (Å²) in [5, 5.41) is 30.9. The molecular weight excluding hydrogens is 650 g/mol. The zero-order valence-corrected chi connectivity index (χ0v) is 29.5. The molecule has 6 aromatic rings. The molecule has 0 aliphatic heterocycles. The topological polar surface area (TPSA) is 204 Å². The van der Waals surface area contributed by atoms with Crippen molar-refractivity contribution in [2.45, 2.75) is 47.5 Å². The van der Waals surface area contributed by atoms with E-state index in [1.165, 1.54) is 13.8 Å². The molecule has 0 fully saturated rings. The van der Waals surface area contributed by atoms with E-state index < -0.39 is 11.9 Å². The van der Waals surface area contributed by atoms with E-state index in [9.17, 15) is 14.4 Å². The smallest absolute Gasteiger partial charge is 0.344 e. The van der Waals surface area contributed by atoms with Gasteiger partial charge in [0, 0.05) is 19.6 Å². The summed E-state index contributed by atoms with van der Waals surface area (Å²) in [5.41, 5.74) is 5.49. The van der Waals surface area contributed by atoms with Crippen LogP contribution in [0.5, 0.6) is 0 Å². The highest BCUT2D eigenvalue weighted by atomic mass is 32.2. The summed E-state index contributed by atoms with van der Waals surface area (Å²) in [7, 11) is 0. The average molecular weight is 696 g/mol. The fraction of sp³-hybridized carbons (Fsp3) is 0.364. The monoisotopic (exact) mass is 695 g/mol. The lowest BCUT2D eigenvalue weighted by atomic mass is 10.3. The number of carbonyl (C=O) groups is 3. The highest BCUT2D eigenvalue weighted by Gasteiger charge is 2.03. The van der Waals surface area contributed by atoms with Crippen molar-refractivity contribution in [1.29, 1.82) is 0 Å². The van der Waals surface area contributed by atoms with Gasteiger partial charge >= 0.3 is 17.9 Å². The number of esters is 3. The van der Waals surface area contributed by atoms with Gasteiger partial charge < -0.3 is 14.2 Å². The number of aromatic amines is 3. The Labute approximate surface area is 289 Å². The Morgan fingerprint density at radius 1 is 0.592 bits per heavy atom. The van der Waals surface area contributed by atoms with E-state index >= 15 is 0 Å². The van der Waals surface area contributed by atoms with Crippen LogP contribution in [0.25, 0.3) is 33.1 Å². The number of unbranched alkanes of at least 4 members (excludes halogenated alkanes) is 1. The van der Waals surface area contributed by atoms with Crippen molar-refractivity contribution in [3.05, 3.63) is 72.8 Å². The summed E-state index contributed by atoms with van der Waals surface area (Å²) in [6.45, 7) is 9.33. The van der Waals surface area contributed by atoms with E-state index in [-0.39, 0.29) is 12.6 Å². The van der Waals surface area contributed by atoms with Gasteiger partial charge in [0.15, 0.2) is 6.61 Å². The molecule has 264 valence electrons. The maximum atomic E-state index is 10.7. The number of nitrogens with one attached hydrogen (secondary N) is 3. The molecule has 16 heteroatoms. The molecule has 3 aromatic carbocycles.